The fraction of sp³-hybridized carbons (Fsp3) is 0.600. The van der Waals surface area contributed by atoms with Gasteiger partial charge in [-0.2, -0.15) is 0 Å². The second-order valence-electron chi connectivity index (χ2n) is 10.4. The Bertz CT molecular complexity index is 1090. The van der Waals surface area contributed by atoms with Gasteiger partial charge in [-0.25, -0.2) is 18.4 Å². The Morgan fingerprint density at radius 2 is 1.91 bits per heavy atom. The van der Waals surface area contributed by atoms with Crippen molar-refractivity contribution in [3.8, 4) is 0 Å². The summed E-state index contributed by atoms with van der Waals surface area (Å²) in [4.78, 5) is 24.7. The summed E-state index contributed by atoms with van der Waals surface area (Å²) in [5, 5.41) is 5.21. The molecule has 1 aromatic carbocycles. The van der Waals surface area contributed by atoms with E-state index >= 15 is 0 Å². The number of sulfonamides is 1. The number of esters is 1. The fourth-order valence-corrected chi connectivity index (χ4v) is 7.88. The summed E-state index contributed by atoms with van der Waals surface area (Å²) in [7, 11) is -3.88. The van der Waals surface area contributed by atoms with Gasteiger partial charge in [-0.05, 0) is 92.9 Å². The Hall–Kier alpha value is -1.99. The third kappa shape index (κ3) is 3.63. The summed E-state index contributed by atoms with van der Waals surface area (Å²) in [6.45, 7) is 2.27. The van der Waals surface area contributed by atoms with Gasteiger partial charge in [0, 0.05) is 11.8 Å². The number of rotatable bonds is 3. The summed E-state index contributed by atoms with van der Waals surface area (Å²) < 4.78 is 29.3. The van der Waals surface area contributed by atoms with E-state index in [1.54, 1.807) is 6.07 Å². The quantitative estimate of drug-likeness (QED) is 0.691. The van der Waals surface area contributed by atoms with Gasteiger partial charge >= 0.3 is 5.97 Å². The fourth-order valence-electron chi connectivity index (χ4n) is 7.32. The monoisotopic (exact) mass is 457 g/mol. The lowest BCUT2D eigenvalue weighted by molar-refractivity contribution is -0.116. The molecular weight excluding hydrogens is 426 g/mol. The number of ketones is 1. The van der Waals surface area contributed by atoms with Crippen molar-refractivity contribution in [2.75, 3.05) is 0 Å². The second kappa shape index (κ2) is 7.80. The average molecular weight is 458 g/mol. The minimum absolute atomic E-state index is 0.0555. The lowest BCUT2D eigenvalue weighted by Crippen LogP contribution is -2.48. The Morgan fingerprint density at radius 1 is 1.09 bits per heavy atom. The molecule has 172 valence electrons. The van der Waals surface area contributed by atoms with Crippen molar-refractivity contribution in [3.63, 3.8) is 0 Å². The lowest BCUT2D eigenvalue weighted by atomic mass is 9.52. The Kier molecular flexibility index (Phi) is 5.32. The second-order valence-corrected chi connectivity index (χ2v) is 12.0. The largest absolute Gasteiger partial charge is 0.458 e. The highest BCUT2D eigenvalue weighted by Crippen LogP contribution is 2.62. The zero-order valence-electron chi connectivity index (χ0n) is 18.5. The standard InChI is InChI=1S/C25H31NO5S/c1-25-12-11-20-19-8-6-17(27)13-15(19)5-7-21(20)22(25)9-10-23(25)31-24(28)16-3-2-4-18(14-16)32(26,29)30/h2-4,13-14,19-23H,5-12H2,1H3,(H2,26,29,30)/t19?,20?,21?,22?,23-,25-/m0/s1. The van der Waals surface area contributed by atoms with E-state index in [-0.39, 0.29) is 27.8 Å². The van der Waals surface area contributed by atoms with Crippen molar-refractivity contribution in [2.45, 2.75) is 69.3 Å². The van der Waals surface area contributed by atoms with Crippen LogP contribution in [0.2, 0.25) is 0 Å². The van der Waals surface area contributed by atoms with Gasteiger partial charge in [-0.1, -0.05) is 18.6 Å². The molecule has 0 aromatic heterocycles. The molecule has 0 saturated heterocycles. The minimum atomic E-state index is -3.88. The zero-order chi connectivity index (χ0) is 22.7. The van der Waals surface area contributed by atoms with E-state index in [1.165, 1.54) is 23.8 Å². The molecule has 7 heteroatoms. The maximum atomic E-state index is 12.9. The third-order valence-corrected chi connectivity index (χ3v) is 9.77. The van der Waals surface area contributed by atoms with E-state index in [4.69, 9.17) is 9.88 Å². The molecule has 4 aliphatic rings. The molecule has 6 nitrogen and oxygen atoms in total. The van der Waals surface area contributed by atoms with Crippen LogP contribution >= 0.6 is 0 Å². The van der Waals surface area contributed by atoms with Crippen molar-refractivity contribution in [2.24, 2.45) is 34.2 Å². The maximum Gasteiger partial charge on any atom is 0.338 e. The van der Waals surface area contributed by atoms with E-state index in [0.29, 0.717) is 30.1 Å². The van der Waals surface area contributed by atoms with E-state index in [9.17, 15) is 18.0 Å². The first-order chi connectivity index (χ1) is 15.2. The van der Waals surface area contributed by atoms with Gasteiger partial charge < -0.3 is 4.74 Å². The van der Waals surface area contributed by atoms with Crippen LogP contribution in [0.4, 0.5) is 0 Å². The molecule has 0 bridgehead atoms. The molecule has 4 aliphatic carbocycles. The Morgan fingerprint density at radius 3 is 2.69 bits per heavy atom. The maximum absolute atomic E-state index is 12.9. The molecule has 0 spiro atoms. The molecular formula is C25H31NO5S. The van der Waals surface area contributed by atoms with Crippen molar-refractivity contribution in [3.05, 3.63) is 41.5 Å². The van der Waals surface area contributed by atoms with Crippen LogP contribution in [0, 0.1) is 29.1 Å². The van der Waals surface area contributed by atoms with Crippen LogP contribution in [0.5, 0.6) is 0 Å². The highest BCUT2D eigenvalue weighted by molar-refractivity contribution is 7.89. The number of hydrogen-bond donors (Lipinski definition) is 1. The molecule has 3 fully saturated rings. The molecule has 0 radical (unpaired) electrons. The number of ether oxygens (including phenoxy) is 1. The molecule has 0 amide bonds. The van der Waals surface area contributed by atoms with Gasteiger partial charge in [0.2, 0.25) is 10.0 Å². The van der Waals surface area contributed by atoms with Crippen molar-refractivity contribution in [1.82, 2.24) is 0 Å². The van der Waals surface area contributed by atoms with E-state index < -0.39 is 16.0 Å². The van der Waals surface area contributed by atoms with Crippen LogP contribution in [0.15, 0.2) is 40.8 Å². The molecule has 1 aromatic rings. The minimum Gasteiger partial charge on any atom is -0.458 e. The molecule has 3 saturated carbocycles. The lowest BCUT2D eigenvalue weighted by Gasteiger charge is -2.53. The van der Waals surface area contributed by atoms with Gasteiger partial charge in [-0.3, -0.25) is 4.79 Å². The van der Waals surface area contributed by atoms with E-state index in [1.807, 2.05) is 6.08 Å². The number of carbonyl (C=O) groups is 2. The summed E-state index contributed by atoms with van der Waals surface area (Å²) in [6.07, 6.45) is 9.61. The first kappa shape index (κ1) is 21.8. The highest BCUT2D eigenvalue weighted by Gasteiger charge is 2.57. The number of benzene rings is 1. The van der Waals surface area contributed by atoms with Crippen molar-refractivity contribution >= 4 is 21.8 Å². The Labute approximate surface area is 189 Å². The van der Waals surface area contributed by atoms with Crippen molar-refractivity contribution < 1.29 is 22.7 Å². The van der Waals surface area contributed by atoms with Crippen LogP contribution in [0.1, 0.15) is 68.6 Å². The zero-order valence-corrected chi connectivity index (χ0v) is 19.3. The number of carbonyl (C=O) groups excluding carboxylic acids is 2. The predicted molar refractivity (Wildman–Crippen MR) is 119 cm³/mol. The van der Waals surface area contributed by atoms with Crippen LogP contribution in [-0.2, 0) is 19.6 Å². The van der Waals surface area contributed by atoms with E-state index in [2.05, 4.69) is 6.92 Å². The summed E-state index contributed by atoms with van der Waals surface area (Å²) in [5.41, 5.74) is 1.54. The van der Waals surface area contributed by atoms with Crippen LogP contribution in [0.25, 0.3) is 0 Å². The topological polar surface area (TPSA) is 104 Å². The smallest absolute Gasteiger partial charge is 0.338 e. The molecule has 0 heterocycles. The SMILES string of the molecule is C[C@]12CCC3C4CCC(=O)C=C4CCC3C1CC[C@@H]2OC(=O)c1cccc(S(N)(=O)=O)c1. The number of hydrogen-bond acceptors (Lipinski definition) is 5. The van der Waals surface area contributed by atoms with Crippen LogP contribution in [0.3, 0.4) is 0 Å². The molecule has 5 rings (SSSR count). The Balaban J connectivity index is 1.33. The van der Waals surface area contributed by atoms with Gasteiger partial charge in [-0.15, -0.1) is 0 Å². The first-order valence-electron chi connectivity index (χ1n) is 11.7. The molecule has 2 N–H and O–H groups in total. The van der Waals surface area contributed by atoms with Gasteiger partial charge in [0.15, 0.2) is 5.78 Å². The molecule has 4 unspecified atom stereocenters. The van der Waals surface area contributed by atoms with E-state index in [0.717, 1.165) is 44.9 Å². The summed E-state index contributed by atoms with van der Waals surface area (Å²) >= 11 is 0. The number of fused-ring (bicyclic) bond motifs is 5. The molecule has 32 heavy (non-hydrogen) atoms. The van der Waals surface area contributed by atoms with Gasteiger partial charge in [0.05, 0.1) is 10.5 Å². The normalized spacial score (nSPS) is 36.5. The van der Waals surface area contributed by atoms with Gasteiger partial charge in [0.1, 0.15) is 6.10 Å². The first-order valence-corrected chi connectivity index (χ1v) is 13.3. The summed E-state index contributed by atoms with van der Waals surface area (Å²) in [6, 6.07) is 5.76. The van der Waals surface area contributed by atoms with Crippen molar-refractivity contribution in [1.29, 1.82) is 0 Å². The highest BCUT2D eigenvalue weighted by atomic mass is 32.2. The average Bonchev–Trinajstić information content (AvgIpc) is 3.09. The van der Waals surface area contributed by atoms with Gasteiger partial charge in [0.25, 0.3) is 0 Å². The predicted octanol–water partition coefficient (Wildman–Crippen LogP) is 4.00. The number of primary sulfonamides is 1. The van der Waals surface area contributed by atoms with Crippen LogP contribution in [-0.4, -0.2) is 26.3 Å². The number of nitrogens with two attached hydrogens (primary N) is 1. The van der Waals surface area contributed by atoms with Crippen LogP contribution < -0.4 is 5.14 Å². The number of allylic oxidation sites excluding steroid dienone is 1. The third-order valence-electron chi connectivity index (χ3n) is 8.86. The molecule has 6 atom stereocenters. The molecule has 0 aliphatic heterocycles. The summed E-state index contributed by atoms with van der Waals surface area (Å²) in [5.74, 6) is 2.15.